The van der Waals surface area contributed by atoms with Crippen molar-refractivity contribution in [2.45, 2.75) is 38.5 Å². The van der Waals surface area contributed by atoms with Crippen LogP contribution in [-0.4, -0.2) is 68.1 Å². The summed E-state index contributed by atoms with van der Waals surface area (Å²) in [6.07, 6.45) is 2.95. The van der Waals surface area contributed by atoms with Gasteiger partial charge in [-0.15, -0.1) is 4.91 Å². The molecule has 6 rings (SSSR count). The summed E-state index contributed by atoms with van der Waals surface area (Å²) in [6.45, 7) is 3.50. The Labute approximate surface area is 265 Å². The van der Waals surface area contributed by atoms with Crippen molar-refractivity contribution in [1.82, 2.24) is 19.5 Å². The largest absolute Gasteiger partial charge is 0.493 e. The van der Waals surface area contributed by atoms with Crippen molar-refractivity contribution in [2.24, 2.45) is 5.18 Å². The van der Waals surface area contributed by atoms with Gasteiger partial charge in [-0.1, -0.05) is 11.6 Å². The van der Waals surface area contributed by atoms with E-state index in [1.54, 1.807) is 27.3 Å². The van der Waals surface area contributed by atoms with Crippen LogP contribution in [0.15, 0.2) is 40.4 Å². The first-order valence-corrected chi connectivity index (χ1v) is 14.9. The predicted molar refractivity (Wildman–Crippen MR) is 172 cm³/mol. The molecule has 1 unspecified atom stereocenters. The number of rotatable bonds is 8. The highest BCUT2D eigenvalue weighted by Gasteiger charge is 2.34. The molecule has 0 amide bonds. The third-order valence-electron chi connectivity index (χ3n) is 8.35. The zero-order valence-corrected chi connectivity index (χ0v) is 25.8. The van der Waals surface area contributed by atoms with Crippen LogP contribution in [0.3, 0.4) is 0 Å². The van der Waals surface area contributed by atoms with E-state index in [0.717, 1.165) is 18.9 Å². The smallest absolute Gasteiger partial charge is 0.341 e. The zero-order chi connectivity index (χ0) is 32.2. The molecule has 2 aromatic heterocycles. The van der Waals surface area contributed by atoms with Crippen LogP contribution < -0.4 is 25.9 Å². The Morgan fingerprint density at radius 2 is 2.00 bits per heavy atom. The van der Waals surface area contributed by atoms with Crippen molar-refractivity contribution in [2.75, 3.05) is 37.1 Å². The van der Waals surface area contributed by atoms with Crippen LogP contribution in [0, 0.1) is 10.7 Å². The van der Waals surface area contributed by atoms with E-state index < -0.39 is 22.8 Å². The Morgan fingerprint density at radius 3 is 2.64 bits per heavy atom. The van der Waals surface area contributed by atoms with E-state index in [1.807, 2.05) is 11.8 Å². The summed E-state index contributed by atoms with van der Waals surface area (Å²) in [5.74, 6) is -1.98. The number of piperazine rings is 1. The van der Waals surface area contributed by atoms with Gasteiger partial charge >= 0.3 is 5.97 Å². The average Bonchev–Trinajstić information content (AvgIpc) is 3.82. The molecule has 1 saturated heterocycles. The number of pyridine rings is 1. The van der Waals surface area contributed by atoms with Gasteiger partial charge in [-0.25, -0.2) is 9.18 Å². The Morgan fingerprint density at radius 1 is 1.24 bits per heavy atom. The van der Waals surface area contributed by atoms with E-state index in [0.29, 0.717) is 41.1 Å². The molecule has 2 aliphatic rings. The topological polar surface area (TPSA) is 154 Å². The standard InChI is InChI=1S/C29H29ClFN7O6S/c1-14-11-35(24-20(31)10-18-23(26(24)44-2)37(16-4-5-16)12-19(25(18)39)28(41)42)7-8-36(14)13-38-21-6-3-15(30)9-17(21)22(27(38)40)32-33-29(45)34-43/h3,6,9-10,12,14,16,32,40H,4-5,7-8,11,13H2,1-2H3,(H,33,45)(H,41,42). The highest BCUT2D eigenvalue weighted by molar-refractivity contribution is 7.80. The van der Waals surface area contributed by atoms with Crippen LogP contribution in [0.1, 0.15) is 36.2 Å². The van der Waals surface area contributed by atoms with Crippen molar-refractivity contribution in [3.63, 3.8) is 0 Å². The number of aromatic carboxylic acids is 1. The van der Waals surface area contributed by atoms with Crippen molar-refractivity contribution >= 4 is 68.1 Å². The van der Waals surface area contributed by atoms with Gasteiger partial charge < -0.3 is 24.4 Å². The fourth-order valence-electron chi connectivity index (χ4n) is 6.03. The monoisotopic (exact) mass is 657 g/mol. The number of nitrogens with one attached hydrogen (secondary N) is 2. The Kier molecular flexibility index (Phi) is 8.01. The molecule has 0 radical (unpaired) electrons. The van der Waals surface area contributed by atoms with Gasteiger partial charge in [-0.2, -0.15) is 0 Å². The van der Waals surface area contributed by atoms with Crippen LogP contribution in [0.25, 0.3) is 21.8 Å². The zero-order valence-electron chi connectivity index (χ0n) is 24.2. The van der Waals surface area contributed by atoms with Gasteiger partial charge in [0.25, 0.3) is 5.11 Å². The molecule has 0 bridgehead atoms. The number of hydrogen-bond acceptors (Lipinski definition) is 9. The van der Waals surface area contributed by atoms with Crippen LogP contribution in [-0.2, 0) is 6.67 Å². The molecule has 3 heterocycles. The lowest BCUT2D eigenvalue weighted by molar-refractivity contribution is 0.0694. The van der Waals surface area contributed by atoms with Crippen LogP contribution in [0.4, 0.5) is 15.8 Å². The predicted octanol–water partition coefficient (Wildman–Crippen LogP) is 4.63. The molecular weight excluding hydrogens is 629 g/mol. The second-order valence-electron chi connectivity index (χ2n) is 11.1. The highest BCUT2D eigenvalue weighted by Crippen LogP contribution is 2.44. The van der Waals surface area contributed by atoms with Crippen molar-refractivity contribution < 1.29 is 24.1 Å². The summed E-state index contributed by atoms with van der Waals surface area (Å²) < 4.78 is 25.0. The van der Waals surface area contributed by atoms with Crippen LogP contribution in [0.5, 0.6) is 11.6 Å². The lowest BCUT2D eigenvalue weighted by Crippen LogP contribution is -2.52. The third kappa shape index (κ3) is 5.40. The molecular formula is C29H29ClFN7O6S. The minimum Gasteiger partial charge on any atom is -0.493 e. The first-order valence-electron chi connectivity index (χ1n) is 14.1. The molecule has 2 aromatic carbocycles. The number of hydrazine groups is 1. The van der Waals surface area contributed by atoms with Gasteiger partial charge in [-0.3, -0.25) is 25.1 Å². The first kappa shape index (κ1) is 30.6. The molecule has 1 aliphatic carbocycles. The van der Waals surface area contributed by atoms with E-state index in [2.05, 4.69) is 20.9 Å². The molecule has 1 saturated carbocycles. The normalized spacial score (nSPS) is 17.1. The van der Waals surface area contributed by atoms with Gasteiger partial charge in [0.05, 0.1) is 30.2 Å². The molecule has 4 aromatic rings. The van der Waals surface area contributed by atoms with E-state index in [1.165, 1.54) is 13.3 Å². The number of aromatic nitrogens is 2. The second kappa shape index (κ2) is 11.8. The van der Waals surface area contributed by atoms with E-state index >= 15 is 4.39 Å². The summed E-state index contributed by atoms with van der Waals surface area (Å²) in [5, 5.41) is 24.1. The van der Waals surface area contributed by atoms with Crippen molar-refractivity contribution in [3.8, 4) is 11.6 Å². The van der Waals surface area contributed by atoms with Crippen LogP contribution >= 0.6 is 23.8 Å². The number of carboxylic acids is 1. The number of anilines is 2. The lowest BCUT2D eigenvalue weighted by Gasteiger charge is -2.41. The number of aromatic hydroxyl groups is 1. The molecule has 4 N–H and O–H groups in total. The SMILES string of the molecule is COc1c(N2CCN(Cn3c(O)c(NNC(=S)N=O)c4cc(Cl)ccc43)C(C)C2)c(F)cc2c(=O)c(C(=O)O)cn(C3CC3)c12. The van der Waals surface area contributed by atoms with Crippen LogP contribution in [0.2, 0.25) is 5.02 Å². The van der Waals surface area contributed by atoms with E-state index in [-0.39, 0.29) is 52.3 Å². The number of benzene rings is 2. The number of carbonyl (C=O) groups is 1. The summed E-state index contributed by atoms with van der Waals surface area (Å²) >= 11 is 11.0. The lowest BCUT2D eigenvalue weighted by atomic mass is 10.1. The van der Waals surface area contributed by atoms with Crippen molar-refractivity contribution in [3.05, 3.63) is 62.0 Å². The number of ether oxygens (including phenoxy) is 1. The fraction of sp³-hybridized carbons (Fsp3) is 0.345. The Hall–Kier alpha value is -4.47. The number of halogens is 2. The summed E-state index contributed by atoms with van der Waals surface area (Å²) in [5.41, 5.74) is 5.56. The minimum absolute atomic E-state index is 0.00649. The minimum atomic E-state index is -1.37. The Balaban J connectivity index is 1.32. The van der Waals surface area contributed by atoms with Gasteiger partial charge in [0, 0.05) is 53.5 Å². The number of carboxylic acid groups (broad SMARTS) is 1. The van der Waals surface area contributed by atoms with Gasteiger partial charge in [-0.05, 0) is 56.2 Å². The number of methoxy groups -OCH3 is 1. The van der Waals surface area contributed by atoms with Crippen molar-refractivity contribution in [1.29, 1.82) is 0 Å². The van der Waals surface area contributed by atoms with Gasteiger partial charge in [0.2, 0.25) is 11.3 Å². The number of nitroso groups, excluding NO2 is 1. The average molecular weight is 658 g/mol. The third-order valence-corrected chi connectivity index (χ3v) is 8.76. The first-order chi connectivity index (χ1) is 21.5. The Bertz CT molecular complexity index is 1940. The molecule has 16 heteroatoms. The van der Waals surface area contributed by atoms with E-state index in [4.69, 9.17) is 28.6 Å². The maximum Gasteiger partial charge on any atom is 0.341 e. The number of thiocarbonyl (C=S) groups is 1. The molecule has 45 heavy (non-hydrogen) atoms. The van der Waals surface area contributed by atoms with Gasteiger partial charge in [0.1, 0.15) is 16.9 Å². The molecule has 1 aliphatic heterocycles. The summed E-state index contributed by atoms with van der Waals surface area (Å²) in [4.78, 5) is 39.6. The highest BCUT2D eigenvalue weighted by atomic mass is 35.5. The van der Waals surface area contributed by atoms with E-state index in [9.17, 15) is 24.7 Å². The molecule has 236 valence electrons. The molecule has 13 nitrogen and oxygen atoms in total. The fourth-order valence-corrected chi connectivity index (χ4v) is 6.26. The maximum atomic E-state index is 15.9. The number of nitrogens with zero attached hydrogens (tertiary/aromatic N) is 5. The molecule has 1 atom stereocenters. The quantitative estimate of drug-likeness (QED) is 0.119. The number of hydrogen-bond donors (Lipinski definition) is 4. The maximum absolute atomic E-state index is 15.9. The molecule has 2 fully saturated rings. The second-order valence-corrected chi connectivity index (χ2v) is 12.0. The summed E-state index contributed by atoms with van der Waals surface area (Å²) in [6, 6.07) is 6.11. The van der Waals surface area contributed by atoms with Gasteiger partial charge in [0.15, 0.2) is 11.6 Å². The summed E-state index contributed by atoms with van der Waals surface area (Å²) in [7, 11) is 1.41. The number of fused-ring (bicyclic) bond motifs is 2. The molecule has 0 spiro atoms.